The largest absolute Gasteiger partial charge is 0.356 e. The number of aryl methyl sites for hydroxylation is 2. The number of hydrogen-bond donors (Lipinski definition) is 2. The lowest BCUT2D eigenvalue weighted by atomic mass is 10.1. The predicted octanol–water partition coefficient (Wildman–Crippen LogP) is 1.61. The standard InChI is InChI=1S/C10H15O3P/c1-3-8-5-6-9(4-2)10(7-8)14(11,12)13/h5-7H,3-4H2,1-2H3,(H2,11,12,13). The van der Waals surface area contributed by atoms with Gasteiger partial charge in [0.2, 0.25) is 0 Å². The van der Waals surface area contributed by atoms with E-state index in [2.05, 4.69) is 0 Å². The van der Waals surface area contributed by atoms with Crippen molar-refractivity contribution in [1.29, 1.82) is 0 Å². The molecule has 0 spiro atoms. The molecule has 4 heteroatoms. The monoisotopic (exact) mass is 214 g/mol. The van der Waals surface area contributed by atoms with Crippen molar-refractivity contribution in [2.24, 2.45) is 0 Å². The molecule has 0 amide bonds. The molecule has 0 radical (unpaired) electrons. The minimum Gasteiger partial charge on any atom is -0.321 e. The Morgan fingerprint density at radius 3 is 2.29 bits per heavy atom. The van der Waals surface area contributed by atoms with Gasteiger partial charge in [0, 0.05) is 0 Å². The molecule has 1 rings (SSSR count). The molecule has 0 aromatic heterocycles. The summed E-state index contributed by atoms with van der Waals surface area (Å²) in [5.41, 5.74) is 1.69. The van der Waals surface area contributed by atoms with Crippen LogP contribution in [0.1, 0.15) is 25.0 Å². The van der Waals surface area contributed by atoms with Crippen LogP contribution in [0.15, 0.2) is 18.2 Å². The van der Waals surface area contributed by atoms with Crippen LogP contribution in [0.3, 0.4) is 0 Å². The third kappa shape index (κ3) is 2.44. The van der Waals surface area contributed by atoms with E-state index in [9.17, 15) is 4.57 Å². The van der Waals surface area contributed by atoms with Gasteiger partial charge in [-0.1, -0.05) is 26.0 Å². The van der Waals surface area contributed by atoms with Crippen molar-refractivity contribution in [2.75, 3.05) is 0 Å². The van der Waals surface area contributed by atoms with Crippen LogP contribution in [0.4, 0.5) is 0 Å². The van der Waals surface area contributed by atoms with E-state index in [1.165, 1.54) is 0 Å². The molecule has 2 N–H and O–H groups in total. The number of hydrogen-bond acceptors (Lipinski definition) is 1. The second-order valence-corrected chi connectivity index (χ2v) is 4.78. The van der Waals surface area contributed by atoms with Crippen LogP contribution >= 0.6 is 7.60 Å². The molecule has 0 aliphatic carbocycles. The van der Waals surface area contributed by atoms with E-state index in [0.29, 0.717) is 6.42 Å². The van der Waals surface area contributed by atoms with E-state index in [4.69, 9.17) is 9.79 Å². The summed E-state index contributed by atoms with van der Waals surface area (Å²) in [6.45, 7) is 3.85. The van der Waals surface area contributed by atoms with E-state index in [1.54, 1.807) is 12.1 Å². The summed E-state index contributed by atoms with van der Waals surface area (Å²) < 4.78 is 11.2. The highest BCUT2D eigenvalue weighted by Gasteiger charge is 2.20. The Hall–Kier alpha value is -0.630. The predicted molar refractivity (Wildman–Crippen MR) is 56.9 cm³/mol. The minimum atomic E-state index is -4.11. The van der Waals surface area contributed by atoms with E-state index < -0.39 is 7.60 Å². The van der Waals surface area contributed by atoms with Crippen LogP contribution in [0, 0.1) is 0 Å². The van der Waals surface area contributed by atoms with Gasteiger partial charge in [0.25, 0.3) is 0 Å². The lowest BCUT2D eigenvalue weighted by Gasteiger charge is -2.10. The van der Waals surface area contributed by atoms with Gasteiger partial charge in [0.1, 0.15) is 0 Å². The summed E-state index contributed by atoms with van der Waals surface area (Å²) in [7, 11) is -4.11. The third-order valence-electron chi connectivity index (χ3n) is 2.25. The molecule has 78 valence electrons. The zero-order chi connectivity index (χ0) is 10.8. The Morgan fingerprint density at radius 2 is 1.86 bits per heavy atom. The van der Waals surface area contributed by atoms with Crippen LogP contribution in [-0.2, 0) is 17.4 Å². The summed E-state index contributed by atoms with van der Waals surface area (Å²) in [6.07, 6.45) is 1.43. The Labute approximate surface area is 83.9 Å². The number of benzene rings is 1. The highest BCUT2D eigenvalue weighted by atomic mass is 31.2. The van der Waals surface area contributed by atoms with Crippen molar-refractivity contribution < 1.29 is 14.4 Å². The van der Waals surface area contributed by atoms with Gasteiger partial charge in [-0.05, 0) is 30.0 Å². The normalized spacial score (nSPS) is 11.7. The molecule has 14 heavy (non-hydrogen) atoms. The first-order valence-corrected chi connectivity index (χ1v) is 6.28. The topological polar surface area (TPSA) is 57.5 Å². The first-order chi connectivity index (χ1) is 6.49. The lowest BCUT2D eigenvalue weighted by molar-refractivity contribution is 0.387. The molecule has 0 fully saturated rings. The van der Waals surface area contributed by atoms with Gasteiger partial charge in [0.05, 0.1) is 5.30 Å². The maximum atomic E-state index is 11.2. The molecule has 0 atom stereocenters. The SMILES string of the molecule is CCc1ccc(CC)c(P(=O)(O)O)c1. The van der Waals surface area contributed by atoms with Gasteiger partial charge < -0.3 is 9.79 Å². The van der Waals surface area contributed by atoms with Gasteiger partial charge in [-0.15, -0.1) is 0 Å². The van der Waals surface area contributed by atoms with Gasteiger partial charge >= 0.3 is 7.60 Å². The molecule has 0 saturated carbocycles. The molecular weight excluding hydrogens is 199 g/mol. The van der Waals surface area contributed by atoms with Crippen molar-refractivity contribution in [1.82, 2.24) is 0 Å². The maximum absolute atomic E-state index is 11.2. The fourth-order valence-electron chi connectivity index (χ4n) is 1.40. The van der Waals surface area contributed by atoms with E-state index in [1.807, 2.05) is 19.9 Å². The second-order valence-electron chi connectivity index (χ2n) is 3.21. The summed E-state index contributed by atoms with van der Waals surface area (Å²) in [5.74, 6) is 0. The van der Waals surface area contributed by atoms with Crippen LogP contribution in [0.5, 0.6) is 0 Å². The maximum Gasteiger partial charge on any atom is 0.356 e. The molecule has 0 unspecified atom stereocenters. The first-order valence-electron chi connectivity index (χ1n) is 4.67. The molecule has 1 aromatic carbocycles. The Balaban J connectivity index is 3.29. The van der Waals surface area contributed by atoms with Crippen LogP contribution in [0.2, 0.25) is 0 Å². The van der Waals surface area contributed by atoms with Crippen LogP contribution in [0.25, 0.3) is 0 Å². The van der Waals surface area contributed by atoms with Crippen molar-refractivity contribution in [3.05, 3.63) is 29.3 Å². The molecule has 0 aliphatic rings. The van der Waals surface area contributed by atoms with E-state index in [0.717, 1.165) is 17.5 Å². The van der Waals surface area contributed by atoms with E-state index >= 15 is 0 Å². The van der Waals surface area contributed by atoms with Crippen LogP contribution < -0.4 is 5.30 Å². The smallest absolute Gasteiger partial charge is 0.321 e. The summed E-state index contributed by atoms with van der Waals surface area (Å²) >= 11 is 0. The second kappa shape index (κ2) is 4.26. The van der Waals surface area contributed by atoms with Crippen LogP contribution in [-0.4, -0.2) is 9.79 Å². The highest BCUT2D eigenvalue weighted by molar-refractivity contribution is 7.60. The van der Waals surface area contributed by atoms with Crippen molar-refractivity contribution in [2.45, 2.75) is 26.7 Å². The molecule has 0 heterocycles. The average Bonchev–Trinajstić information content (AvgIpc) is 2.15. The van der Waals surface area contributed by atoms with Gasteiger partial charge in [0.15, 0.2) is 0 Å². The van der Waals surface area contributed by atoms with Crippen molar-refractivity contribution in [3.8, 4) is 0 Å². The first kappa shape index (κ1) is 11.4. The quantitative estimate of drug-likeness (QED) is 0.751. The molecule has 0 bridgehead atoms. The summed E-state index contributed by atoms with van der Waals surface area (Å²) in [5, 5.41) is 0.180. The fourth-order valence-corrected chi connectivity index (χ4v) is 2.34. The van der Waals surface area contributed by atoms with E-state index in [-0.39, 0.29) is 5.30 Å². The average molecular weight is 214 g/mol. The van der Waals surface area contributed by atoms with Crippen molar-refractivity contribution in [3.63, 3.8) is 0 Å². The Morgan fingerprint density at radius 1 is 1.21 bits per heavy atom. The highest BCUT2D eigenvalue weighted by Crippen LogP contribution is 2.35. The third-order valence-corrected chi connectivity index (χ3v) is 3.30. The summed E-state index contributed by atoms with van der Waals surface area (Å²) in [4.78, 5) is 18.3. The van der Waals surface area contributed by atoms with Crippen molar-refractivity contribution >= 4 is 12.9 Å². The zero-order valence-corrected chi connectivity index (χ0v) is 9.29. The Bertz CT molecular complexity index is 368. The molecule has 0 saturated heterocycles. The molecule has 1 aromatic rings. The number of rotatable bonds is 3. The Kier molecular flexibility index (Phi) is 3.48. The summed E-state index contributed by atoms with van der Waals surface area (Å²) in [6, 6.07) is 5.32. The fraction of sp³-hybridized carbons (Fsp3) is 0.400. The molecule has 3 nitrogen and oxygen atoms in total. The lowest BCUT2D eigenvalue weighted by Crippen LogP contribution is -2.11. The minimum absolute atomic E-state index is 0.180. The molecule has 0 aliphatic heterocycles. The van der Waals surface area contributed by atoms with Gasteiger partial charge in [-0.25, -0.2) is 0 Å². The van der Waals surface area contributed by atoms with Gasteiger partial charge in [-0.2, -0.15) is 0 Å². The van der Waals surface area contributed by atoms with Gasteiger partial charge in [-0.3, -0.25) is 4.57 Å². The zero-order valence-electron chi connectivity index (χ0n) is 8.40. The molecular formula is C10H15O3P.